The van der Waals surface area contributed by atoms with Crippen molar-refractivity contribution in [2.45, 2.75) is 72.1 Å². The maximum absolute atomic E-state index is 11.8. The molecule has 0 rings (SSSR count). The second kappa shape index (κ2) is 7.64. The molecule has 0 aromatic carbocycles. The highest BCUT2D eigenvalue weighted by Gasteiger charge is 2.26. The summed E-state index contributed by atoms with van der Waals surface area (Å²) in [7, 11) is 0. The van der Waals surface area contributed by atoms with Crippen molar-refractivity contribution in [3.63, 3.8) is 0 Å². The van der Waals surface area contributed by atoms with Crippen molar-refractivity contribution in [1.82, 2.24) is 5.32 Å². The quantitative estimate of drug-likeness (QED) is 0.761. The normalized spacial score (nSPS) is 15.0. The Hall–Kier alpha value is -1.30. The minimum absolute atomic E-state index is 0.109. The fraction of sp³-hybridized carbons (Fsp3) is 0.867. The number of carbonyl (C=O) groups excluding carboxylic acids is 2. The third kappa shape index (κ3) is 10.1. The molecule has 0 aliphatic rings. The van der Waals surface area contributed by atoms with Crippen LogP contribution in [-0.2, 0) is 14.3 Å². The molecule has 21 heavy (non-hydrogen) atoms. The molecule has 2 atom stereocenters. The lowest BCUT2D eigenvalue weighted by Gasteiger charge is -2.27. The van der Waals surface area contributed by atoms with E-state index in [1.807, 2.05) is 0 Å². The first-order valence-corrected chi connectivity index (χ1v) is 7.16. The number of amides is 1. The third-order valence-corrected chi connectivity index (χ3v) is 2.49. The van der Waals surface area contributed by atoms with Gasteiger partial charge in [-0.05, 0) is 47.5 Å². The number of esters is 1. The second-order valence-electron chi connectivity index (χ2n) is 7.20. The number of rotatable bonds is 5. The van der Waals surface area contributed by atoms with E-state index in [1.165, 1.54) is 0 Å². The average Bonchev–Trinajstić information content (AvgIpc) is 2.19. The van der Waals surface area contributed by atoms with Crippen molar-refractivity contribution in [3.8, 4) is 0 Å². The van der Waals surface area contributed by atoms with Crippen LogP contribution in [0.1, 0.15) is 54.9 Å². The first kappa shape index (κ1) is 19.7. The second-order valence-corrected chi connectivity index (χ2v) is 7.20. The summed E-state index contributed by atoms with van der Waals surface area (Å²) in [6.07, 6.45) is -0.504. The Morgan fingerprint density at radius 2 is 1.52 bits per heavy atom. The van der Waals surface area contributed by atoms with Gasteiger partial charge in [0.15, 0.2) is 0 Å². The van der Waals surface area contributed by atoms with Gasteiger partial charge in [0.2, 0.25) is 0 Å². The van der Waals surface area contributed by atoms with Crippen LogP contribution in [0.5, 0.6) is 0 Å². The van der Waals surface area contributed by atoms with Gasteiger partial charge in [0, 0.05) is 0 Å². The Morgan fingerprint density at radius 3 is 1.90 bits per heavy atom. The zero-order valence-electron chi connectivity index (χ0n) is 14.1. The van der Waals surface area contributed by atoms with Crippen LogP contribution in [0.2, 0.25) is 0 Å². The molecule has 0 spiro atoms. The molecular weight excluding hydrogens is 274 g/mol. The summed E-state index contributed by atoms with van der Waals surface area (Å²) in [6, 6.07) is -0.563. The maximum Gasteiger partial charge on any atom is 0.407 e. The molecule has 0 radical (unpaired) electrons. The van der Waals surface area contributed by atoms with Gasteiger partial charge in [-0.3, -0.25) is 4.79 Å². The standard InChI is InChI=1S/C15H29NO5/c1-10(8-12(18)20-14(2,3)4)11(9-17)16-13(19)21-15(5,6)7/h10-11,17H,8-9H2,1-7H3,(H,16,19)/t10-,11-/m1/s1. The van der Waals surface area contributed by atoms with Crippen LogP contribution in [0.25, 0.3) is 0 Å². The van der Waals surface area contributed by atoms with Gasteiger partial charge < -0.3 is 19.9 Å². The van der Waals surface area contributed by atoms with Gasteiger partial charge in [0.05, 0.1) is 19.1 Å². The van der Waals surface area contributed by atoms with Gasteiger partial charge >= 0.3 is 12.1 Å². The Morgan fingerprint density at radius 1 is 1.05 bits per heavy atom. The summed E-state index contributed by atoms with van der Waals surface area (Å²) in [5.41, 5.74) is -1.16. The molecule has 0 aliphatic heterocycles. The smallest absolute Gasteiger partial charge is 0.407 e. The van der Waals surface area contributed by atoms with Crippen molar-refractivity contribution >= 4 is 12.1 Å². The van der Waals surface area contributed by atoms with Crippen molar-refractivity contribution in [2.24, 2.45) is 5.92 Å². The molecule has 0 aromatic rings. The van der Waals surface area contributed by atoms with Gasteiger partial charge in [-0.25, -0.2) is 4.79 Å². The molecule has 6 heteroatoms. The van der Waals surface area contributed by atoms with Crippen LogP contribution < -0.4 is 5.32 Å². The Balaban J connectivity index is 4.46. The molecule has 0 saturated heterocycles. The van der Waals surface area contributed by atoms with E-state index in [1.54, 1.807) is 48.5 Å². The summed E-state index contributed by atoms with van der Waals surface area (Å²) in [6.45, 7) is 12.1. The van der Waals surface area contributed by atoms with Gasteiger partial charge in [-0.15, -0.1) is 0 Å². The molecule has 0 unspecified atom stereocenters. The number of aliphatic hydroxyl groups is 1. The van der Waals surface area contributed by atoms with Crippen LogP contribution in [0.4, 0.5) is 4.79 Å². The predicted molar refractivity (Wildman–Crippen MR) is 79.9 cm³/mol. The number of alkyl carbamates (subject to hydrolysis) is 1. The zero-order chi connectivity index (χ0) is 16.8. The van der Waals surface area contributed by atoms with Gasteiger partial charge in [0.1, 0.15) is 11.2 Å². The largest absolute Gasteiger partial charge is 0.460 e. The number of aliphatic hydroxyl groups excluding tert-OH is 1. The number of ether oxygens (including phenoxy) is 2. The van der Waals surface area contributed by atoms with Crippen LogP contribution in [0.3, 0.4) is 0 Å². The lowest BCUT2D eigenvalue weighted by Crippen LogP contribution is -2.45. The molecule has 0 aromatic heterocycles. The van der Waals surface area contributed by atoms with E-state index in [4.69, 9.17) is 9.47 Å². The van der Waals surface area contributed by atoms with Crippen molar-refractivity contribution < 1.29 is 24.2 Å². The molecule has 0 fully saturated rings. The lowest BCUT2D eigenvalue weighted by atomic mass is 9.99. The monoisotopic (exact) mass is 303 g/mol. The summed E-state index contributed by atoms with van der Waals surface area (Å²) in [4.78, 5) is 23.4. The van der Waals surface area contributed by atoms with Crippen LogP contribution in [0.15, 0.2) is 0 Å². The molecule has 6 nitrogen and oxygen atoms in total. The summed E-state index contributed by atoms with van der Waals surface area (Å²) < 4.78 is 10.4. The molecule has 0 bridgehead atoms. The summed E-state index contributed by atoms with van der Waals surface area (Å²) >= 11 is 0. The fourth-order valence-corrected chi connectivity index (χ4v) is 1.62. The van der Waals surface area contributed by atoms with E-state index in [9.17, 15) is 14.7 Å². The van der Waals surface area contributed by atoms with Crippen molar-refractivity contribution in [3.05, 3.63) is 0 Å². The highest BCUT2D eigenvalue weighted by Crippen LogP contribution is 2.15. The van der Waals surface area contributed by atoms with Crippen LogP contribution in [0, 0.1) is 5.92 Å². The number of carbonyl (C=O) groups is 2. The van der Waals surface area contributed by atoms with Crippen molar-refractivity contribution in [1.29, 1.82) is 0 Å². The first-order chi connectivity index (χ1) is 9.34. The highest BCUT2D eigenvalue weighted by molar-refractivity contribution is 5.71. The number of nitrogens with one attached hydrogen (secondary N) is 1. The molecule has 0 heterocycles. The molecule has 0 saturated carbocycles. The number of hydrogen-bond acceptors (Lipinski definition) is 5. The minimum Gasteiger partial charge on any atom is -0.460 e. The Bertz CT molecular complexity index is 354. The molecular formula is C15H29NO5. The molecule has 124 valence electrons. The van der Waals surface area contributed by atoms with E-state index in [2.05, 4.69) is 5.32 Å². The predicted octanol–water partition coefficient (Wildman–Crippen LogP) is 2.24. The van der Waals surface area contributed by atoms with E-state index >= 15 is 0 Å². The first-order valence-electron chi connectivity index (χ1n) is 7.16. The van der Waals surface area contributed by atoms with E-state index < -0.39 is 23.3 Å². The Kier molecular flexibility index (Phi) is 7.16. The average molecular weight is 303 g/mol. The third-order valence-electron chi connectivity index (χ3n) is 2.49. The fourth-order valence-electron chi connectivity index (χ4n) is 1.62. The van der Waals surface area contributed by atoms with E-state index in [0.717, 1.165) is 0 Å². The molecule has 2 N–H and O–H groups in total. The van der Waals surface area contributed by atoms with Gasteiger partial charge in [-0.2, -0.15) is 0 Å². The number of hydrogen-bond donors (Lipinski definition) is 2. The Labute approximate surface area is 127 Å². The summed E-state index contributed by atoms with van der Waals surface area (Å²) in [5, 5.41) is 11.9. The molecule has 0 aliphatic carbocycles. The lowest BCUT2D eigenvalue weighted by molar-refractivity contribution is -0.156. The van der Waals surface area contributed by atoms with Crippen LogP contribution >= 0.6 is 0 Å². The minimum atomic E-state index is -0.613. The molecule has 1 amide bonds. The SMILES string of the molecule is C[C@H](CC(=O)OC(C)(C)C)[C@@H](CO)NC(=O)OC(C)(C)C. The van der Waals surface area contributed by atoms with E-state index in [0.29, 0.717) is 0 Å². The van der Waals surface area contributed by atoms with Crippen molar-refractivity contribution in [2.75, 3.05) is 6.61 Å². The zero-order valence-corrected chi connectivity index (χ0v) is 14.1. The topological polar surface area (TPSA) is 84.9 Å². The van der Waals surface area contributed by atoms with Gasteiger partial charge in [-0.1, -0.05) is 6.92 Å². The van der Waals surface area contributed by atoms with Crippen LogP contribution in [-0.4, -0.2) is 41.0 Å². The maximum atomic E-state index is 11.8. The van der Waals surface area contributed by atoms with Gasteiger partial charge in [0.25, 0.3) is 0 Å². The summed E-state index contributed by atoms with van der Waals surface area (Å²) in [5.74, 6) is -0.628. The van der Waals surface area contributed by atoms with E-state index in [-0.39, 0.29) is 24.9 Å². The highest BCUT2D eigenvalue weighted by atomic mass is 16.6.